The molecule has 2 aromatic carbocycles. The first-order valence-corrected chi connectivity index (χ1v) is 9.14. The van der Waals surface area contributed by atoms with Crippen molar-refractivity contribution >= 4 is 29.0 Å². The third-order valence-corrected chi connectivity index (χ3v) is 5.46. The van der Waals surface area contributed by atoms with Crippen LogP contribution in [0.4, 0.5) is 0 Å². The maximum Gasteiger partial charge on any atom is 0.166 e. The first kappa shape index (κ1) is 17.5. The summed E-state index contributed by atoms with van der Waals surface area (Å²) in [6, 6.07) is 15.7. The van der Waals surface area contributed by atoms with Crippen molar-refractivity contribution in [3.63, 3.8) is 0 Å². The summed E-state index contributed by atoms with van der Waals surface area (Å²) in [5, 5.41) is 0.937. The van der Waals surface area contributed by atoms with Crippen LogP contribution >= 0.6 is 23.2 Å². The zero-order valence-electron chi connectivity index (χ0n) is 13.6. The number of carbonyl (C=O) groups is 1. The van der Waals surface area contributed by atoms with E-state index in [9.17, 15) is 4.79 Å². The highest BCUT2D eigenvalue weighted by Crippen LogP contribution is 2.27. The van der Waals surface area contributed by atoms with E-state index < -0.39 is 0 Å². The van der Waals surface area contributed by atoms with Gasteiger partial charge >= 0.3 is 0 Å². The Kier molecular flexibility index (Phi) is 5.94. The van der Waals surface area contributed by atoms with Crippen LogP contribution in [0.3, 0.4) is 0 Å². The van der Waals surface area contributed by atoms with Gasteiger partial charge in [-0.3, -0.25) is 4.79 Å². The zero-order chi connectivity index (χ0) is 16.9. The highest BCUT2D eigenvalue weighted by molar-refractivity contribution is 6.42. The number of benzene rings is 2. The van der Waals surface area contributed by atoms with E-state index in [-0.39, 0.29) is 11.7 Å². The van der Waals surface area contributed by atoms with E-state index in [4.69, 9.17) is 23.2 Å². The molecule has 2 nitrogen and oxygen atoms in total. The fourth-order valence-electron chi connectivity index (χ4n) is 3.24. The Morgan fingerprint density at radius 1 is 1.00 bits per heavy atom. The van der Waals surface area contributed by atoms with E-state index in [1.54, 1.807) is 18.2 Å². The van der Waals surface area contributed by atoms with Crippen LogP contribution in [0, 0.1) is 5.92 Å². The molecule has 1 aliphatic heterocycles. The molecule has 1 fully saturated rings. The van der Waals surface area contributed by atoms with Gasteiger partial charge < -0.3 is 4.90 Å². The first-order valence-electron chi connectivity index (χ1n) is 8.39. The molecule has 0 N–H and O–H groups in total. The standard InChI is InChI=1S/C20H21Cl2NO/c21-18-7-6-17(14-19(18)22)20(24)16-9-12-23(13-10-16)11-8-15-4-2-1-3-5-15/h1-7,14,16H,8-13H2. The monoisotopic (exact) mass is 361 g/mol. The highest BCUT2D eigenvalue weighted by Gasteiger charge is 2.25. The Morgan fingerprint density at radius 3 is 2.38 bits per heavy atom. The Labute approximate surface area is 153 Å². The second-order valence-corrected chi connectivity index (χ2v) is 7.16. The molecule has 1 saturated heterocycles. The van der Waals surface area contributed by atoms with Crippen molar-refractivity contribution in [2.24, 2.45) is 5.92 Å². The molecule has 0 atom stereocenters. The summed E-state index contributed by atoms with van der Waals surface area (Å²) in [7, 11) is 0. The normalized spacial score (nSPS) is 16.2. The number of hydrogen-bond acceptors (Lipinski definition) is 2. The molecule has 0 aliphatic carbocycles. The molecule has 0 unspecified atom stereocenters. The molecule has 0 spiro atoms. The summed E-state index contributed by atoms with van der Waals surface area (Å²) in [6.07, 6.45) is 2.88. The molecular weight excluding hydrogens is 341 g/mol. The van der Waals surface area contributed by atoms with Gasteiger partial charge in [0, 0.05) is 18.0 Å². The number of piperidine rings is 1. The lowest BCUT2D eigenvalue weighted by Crippen LogP contribution is -2.37. The minimum absolute atomic E-state index is 0.0928. The summed E-state index contributed by atoms with van der Waals surface area (Å²) >= 11 is 12.0. The fraction of sp³-hybridized carbons (Fsp3) is 0.350. The lowest BCUT2D eigenvalue weighted by Gasteiger charge is -2.31. The van der Waals surface area contributed by atoms with E-state index in [1.165, 1.54) is 5.56 Å². The topological polar surface area (TPSA) is 20.3 Å². The largest absolute Gasteiger partial charge is 0.303 e. The van der Waals surface area contributed by atoms with Gasteiger partial charge in [0.15, 0.2) is 5.78 Å². The van der Waals surface area contributed by atoms with Gasteiger partial charge in [0.2, 0.25) is 0 Å². The first-order chi connectivity index (χ1) is 11.6. The second-order valence-electron chi connectivity index (χ2n) is 6.34. The zero-order valence-corrected chi connectivity index (χ0v) is 15.1. The van der Waals surface area contributed by atoms with Gasteiger partial charge in [-0.25, -0.2) is 0 Å². The second kappa shape index (κ2) is 8.15. The predicted molar refractivity (Wildman–Crippen MR) is 100 cm³/mol. The van der Waals surface area contributed by atoms with Crippen LogP contribution < -0.4 is 0 Å². The van der Waals surface area contributed by atoms with Gasteiger partial charge in [-0.1, -0.05) is 53.5 Å². The fourth-order valence-corrected chi connectivity index (χ4v) is 3.53. The van der Waals surface area contributed by atoms with E-state index in [0.717, 1.165) is 38.9 Å². The smallest absolute Gasteiger partial charge is 0.166 e. The van der Waals surface area contributed by atoms with Crippen molar-refractivity contribution in [3.8, 4) is 0 Å². The van der Waals surface area contributed by atoms with Crippen LogP contribution in [0.25, 0.3) is 0 Å². The van der Waals surface area contributed by atoms with E-state index in [2.05, 4.69) is 29.2 Å². The predicted octanol–water partition coefficient (Wildman–Crippen LogP) is 5.13. The van der Waals surface area contributed by atoms with Gasteiger partial charge in [-0.15, -0.1) is 0 Å². The Balaban J connectivity index is 1.51. The minimum atomic E-state index is 0.0928. The minimum Gasteiger partial charge on any atom is -0.303 e. The number of hydrogen-bond donors (Lipinski definition) is 0. The highest BCUT2D eigenvalue weighted by atomic mass is 35.5. The van der Waals surface area contributed by atoms with Crippen LogP contribution in [0.5, 0.6) is 0 Å². The molecule has 0 amide bonds. The number of likely N-dealkylation sites (tertiary alicyclic amines) is 1. The summed E-state index contributed by atoms with van der Waals surface area (Å²) in [5.41, 5.74) is 2.04. The summed E-state index contributed by atoms with van der Waals surface area (Å²) in [4.78, 5) is 15.1. The van der Waals surface area contributed by atoms with Gasteiger partial charge in [-0.2, -0.15) is 0 Å². The molecule has 0 bridgehead atoms. The molecule has 3 rings (SSSR count). The Bertz CT molecular complexity index is 694. The van der Waals surface area contributed by atoms with Crippen LogP contribution in [0.2, 0.25) is 10.0 Å². The van der Waals surface area contributed by atoms with E-state index in [1.807, 2.05) is 6.07 Å². The van der Waals surface area contributed by atoms with Gasteiger partial charge in [-0.05, 0) is 56.1 Å². The SMILES string of the molecule is O=C(c1ccc(Cl)c(Cl)c1)C1CCN(CCc2ccccc2)CC1. The lowest BCUT2D eigenvalue weighted by atomic mass is 9.89. The van der Waals surface area contributed by atoms with E-state index >= 15 is 0 Å². The van der Waals surface area contributed by atoms with Crippen molar-refractivity contribution < 1.29 is 4.79 Å². The number of ketones is 1. The third-order valence-electron chi connectivity index (χ3n) is 4.72. The van der Waals surface area contributed by atoms with Crippen molar-refractivity contribution in [2.45, 2.75) is 19.3 Å². The van der Waals surface area contributed by atoms with Gasteiger partial charge in [0.1, 0.15) is 0 Å². The van der Waals surface area contributed by atoms with Crippen LogP contribution in [-0.2, 0) is 6.42 Å². The molecule has 1 aliphatic rings. The summed E-state index contributed by atoms with van der Waals surface area (Å²) < 4.78 is 0. The molecule has 0 radical (unpaired) electrons. The van der Waals surface area contributed by atoms with Crippen molar-refractivity contribution in [3.05, 3.63) is 69.7 Å². The van der Waals surface area contributed by atoms with Gasteiger partial charge in [0.05, 0.1) is 10.0 Å². The summed E-state index contributed by atoms with van der Waals surface area (Å²) in [6.45, 7) is 3.01. The van der Waals surface area contributed by atoms with Crippen LogP contribution in [0.1, 0.15) is 28.8 Å². The van der Waals surface area contributed by atoms with Crippen molar-refractivity contribution in [1.82, 2.24) is 4.90 Å². The van der Waals surface area contributed by atoms with Crippen molar-refractivity contribution in [1.29, 1.82) is 0 Å². The van der Waals surface area contributed by atoms with Crippen LogP contribution in [-0.4, -0.2) is 30.3 Å². The van der Waals surface area contributed by atoms with Crippen molar-refractivity contribution in [2.75, 3.05) is 19.6 Å². The van der Waals surface area contributed by atoms with E-state index in [0.29, 0.717) is 15.6 Å². The Morgan fingerprint density at radius 2 is 1.71 bits per heavy atom. The molecule has 1 heterocycles. The Hall–Kier alpha value is -1.35. The maximum atomic E-state index is 12.6. The summed E-state index contributed by atoms with van der Waals surface area (Å²) in [5.74, 6) is 0.284. The van der Waals surface area contributed by atoms with Gasteiger partial charge in [0.25, 0.3) is 0 Å². The molecule has 126 valence electrons. The molecule has 0 saturated carbocycles. The molecule has 0 aromatic heterocycles. The average molecular weight is 362 g/mol. The number of rotatable bonds is 5. The number of Topliss-reactive ketones (excluding diaryl/α,β-unsaturated/α-hetero) is 1. The maximum absolute atomic E-state index is 12.6. The number of carbonyl (C=O) groups excluding carboxylic acids is 1. The average Bonchev–Trinajstić information content (AvgIpc) is 2.63. The molecule has 2 aromatic rings. The quantitative estimate of drug-likeness (QED) is 0.687. The lowest BCUT2D eigenvalue weighted by molar-refractivity contribution is 0.0841. The third kappa shape index (κ3) is 4.38. The molecule has 4 heteroatoms. The molecule has 24 heavy (non-hydrogen) atoms. The van der Waals surface area contributed by atoms with Crippen LogP contribution in [0.15, 0.2) is 48.5 Å². The molecular formula is C20H21Cl2NO. The number of halogens is 2. The number of nitrogens with zero attached hydrogens (tertiary/aromatic N) is 1.